The summed E-state index contributed by atoms with van der Waals surface area (Å²) in [6.07, 6.45) is 9.36. The molecule has 4 heteroatoms. The van der Waals surface area contributed by atoms with E-state index in [-0.39, 0.29) is 23.8 Å². The minimum atomic E-state index is -0.0311. The molecule has 4 nitrogen and oxygen atoms in total. The van der Waals surface area contributed by atoms with E-state index in [1.807, 2.05) is 18.2 Å². The number of nitrogens with one attached hydrogen (secondary N) is 2. The van der Waals surface area contributed by atoms with E-state index in [9.17, 15) is 9.59 Å². The van der Waals surface area contributed by atoms with Crippen LogP contribution in [0.3, 0.4) is 0 Å². The molecule has 2 amide bonds. The number of hydrogen-bond acceptors (Lipinski definition) is 2. The van der Waals surface area contributed by atoms with E-state index < -0.39 is 0 Å². The van der Waals surface area contributed by atoms with E-state index in [1.54, 1.807) is 6.07 Å². The molecule has 0 radical (unpaired) electrons. The highest BCUT2D eigenvalue weighted by Gasteiger charge is 2.39. The van der Waals surface area contributed by atoms with Gasteiger partial charge in [0.25, 0.3) is 5.91 Å². The number of carbonyl (C=O) groups is 2. The van der Waals surface area contributed by atoms with Gasteiger partial charge in [0.2, 0.25) is 5.91 Å². The molecule has 0 saturated heterocycles. The fourth-order valence-corrected chi connectivity index (χ4v) is 3.53. The maximum absolute atomic E-state index is 12.5. The first-order valence-electron chi connectivity index (χ1n) is 9.35. The molecule has 0 unspecified atom stereocenters. The van der Waals surface area contributed by atoms with Crippen molar-refractivity contribution >= 4 is 17.5 Å². The number of anilines is 1. The number of benzene rings is 1. The molecule has 3 rings (SSSR count). The summed E-state index contributed by atoms with van der Waals surface area (Å²) in [5.41, 5.74) is 1.34. The normalized spacial score (nSPS) is 24.5. The molecule has 2 N–H and O–H groups in total. The molecule has 0 aliphatic heterocycles. The average molecular weight is 328 g/mol. The highest BCUT2D eigenvalue weighted by atomic mass is 16.2. The van der Waals surface area contributed by atoms with Crippen LogP contribution >= 0.6 is 0 Å². The summed E-state index contributed by atoms with van der Waals surface area (Å²) in [5.74, 6) is 0.657. The summed E-state index contributed by atoms with van der Waals surface area (Å²) in [6.45, 7) is 2.09. The Labute approximate surface area is 144 Å². The van der Waals surface area contributed by atoms with E-state index in [1.165, 1.54) is 32.1 Å². The molecule has 2 aliphatic rings. The second kappa shape index (κ2) is 7.82. The van der Waals surface area contributed by atoms with Gasteiger partial charge in [-0.3, -0.25) is 9.59 Å². The monoisotopic (exact) mass is 328 g/mol. The average Bonchev–Trinajstić information content (AvgIpc) is 3.27. The Bertz CT molecular complexity index is 591. The molecule has 0 spiro atoms. The van der Waals surface area contributed by atoms with Gasteiger partial charge in [-0.2, -0.15) is 0 Å². The Morgan fingerprint density at radius 2 is 1.71 bits per heavy atom. The van der Waals surface area contributed by atoms with Crippen LogP contribution in [0.5, 0.6) is 0 Å². The predicted octanol–water partition coefficient (Wildman–Crippen LogP) is 4.12. The first-order chi connectivity index (χ1) is 11.6. The van der Waals surface area contributed by atoms with Crippen molar-refractivity contribution < 1.29 is 9.59 Å². The number of carbonyl (C=O) groups excluding carboxylic acids is 2. The van der Waals surface area contributed by atoms with Crippen LogP contribution in [0.15, 0.2) is 24.3 Å². The van der Waals surface area contributed by atoms with Crippen molar-refractivity contribution in [3.63, 3.8) is 0 Å². The van der Waals surface area contributed by atoms with Crippen LogP contribution in [-0.2, 0) is 4.79 Å². The molecule has 130 valence electrons. The Morgan fingerprint density at radius 3 is 2.38 bits per heavy atom. The Hall–Kier alpha value is -1.84. The summed E-state index contributed by atoms with van der Waals surface area (Å²) >= 11 is 0. The van der Waals surface area contributed by atoms with Gasteiger partial charge in [0.1, 0.15) is 0 Å². The van der Waals surface area contributed by atoms with Crippen molar-refractivity contribution in [2.75, 3.05) is 5.32 Å². The summed E-state index contributed by atoms with van der Waals surface area (Å²) in [6, 6.07) is 7.55. The van der Waals surface area contributed by atoms with Gasteiger partial charge >= 0.3 is 0 Å². The molecule has 24 heavy (non-hydrogen) atoms. The fourth-order valence-electron chi connectivity index (χ4n) is 3.53. The first-order valence-corrected chi connectivity index (χ1v) is 9.35. The lowest BCUT2D eigenvalue weighted by Gasteiger charge is -2.21. The van der Waals surface area contributed by atoms with E-state index in [0.29, 0.717) is 17.2 Å². The van der Waals surface area contributed by atoms with Crippen LogP contribution in [0, 0.1) is 11.8 Å². The fraction of sp³-hybridized carbons (Fsp3) is 0.600. The van der Waals surface area contributed by atoms with E-state index in [0.717, 1.165) is 19.3 Å². The van der Waals surface area contributed by atoms with Crippen molar-refractivity contribution in [2.24, 2.45) is 11.8 Å². The Balaban J connectivity index is 1.57. The molecule has 0 aromatic heterocycles. The van der Waals surface area contributed by atoms with Crippen molar-refractivity contribution in [1.82, 2.24) is 5.32 Å². The number of hydrogen-bond donors (Lipinski definition) is 2. The third kappa shape index (κ3) is 4.59. The Kier molecular flexibility index (Phi) is 5.54. The zero-order valence-electron chi connectivity index (χ0n) is 14.5. The van der Waals surface area contributed by atoms with Gasteiger partial charge in [0, 0.05) is 23.2 Å². The second-order valence-corrected chi connectivity index (χ2v) is 7.41. The summed E-state index contributed by atoms with van der Waals surface area (Å²) in [7, 11) is 0. The van der Waals surface area contributed by atoms with Crippen molar-refractivity contribution in [3.8, 4) is 0 Å². The van der Waals surface area contributed by atoms with Crippen LogP contribution in [0.25, 0.3) is 0 Å². The molecule has 2 saturated carbocycles. The molecule has 0 heterocycles. The molecule has 2 fully saturated rings. The van der Waals surface area contributed by atoms with Crippen molar-refractivity contribution in [2.45, 2.75) is 64.3 Å². The zero-order chi connectivity index (χ0) is 16.9. The topological polar surface area (TPSA) is 58.2 Å². The summed E-state index contributed by atoms with van der Waals surface area (Å²) in [5, 5.41) is 6.11. The van der Waals surface area contributed by atoms with Gasteiger partial charge < -0.3 is 10.6 Å². The standard InChI is InChI=1S/C20H28N2O2/c1-14-12-18(14)20(24)22-17-11-7-8-15(13-17)19(23)21-16-9-5-3-2-4-6-10-16/h7-8,11,13-14,16,18H,2-6,9-10,12H2,1H3,(H,21,23)(H,22,24)/t14-,18+/m0/s1. The number of amides is 2. The predicted molar refractivity (Wildman–Crippen MR) is 95.9 cm³/mol. The number of rotatable bonds is 4. The van der Waals surface area contributed by atoms with Crippen LogP contribution < -0.4 is 10.6 Å². The van der Waals surface area contributed by atoms with E-state index in [4.69, 9.17) is 0 Å². The highest BCUT2D eigenvalue weighted by molar-refractivity contribution is 5.98. The SMILES string of the molecule is C[C@H]1C[C@H]1C(=O)Nc1cccc(C(=O)NC2CCCCCCC2)c1. The third-order valence-corrected chi connectivity index (χ3v) is 5.28. The molecule has 1 aromatic rings. The van der Waals surface area contributed by atoms with Gasteiger partial charge in [-0.25, -0.2) is 0 Å². The molecule has 0 bridgehead atoms. The highest BCUT2D eigenvalue weighted by Crippen LogP contribution is 2.38. The molecule has 1 aromatic carbocycles. The van der Waals surface area contributed by atoms with Crippen molar-refractivity contribution in [3.05, 3.63) is 29.8 Å². The minimum absolute atomic E-state index is 0.0311. The van der Waals surface area contributed by atoms with Gasteiger partial charge in [0.05, 0.1) is 0 Å². The van der Waals surface area contributed by atoms with Gasteiger partial charge in [-0.05, 0) is 43.4 Å². The van der Waals surface area contributed by atoms with Crippen LogP contribution in [0.2, 0.25) is 0 Å². The molecule has 2 atom stereocenters. The first kappa shape index (κ1) is 17.0. The summed E-state index contributed by atoms with van der Waals surface area (Å²) in [4.78, 5) is 24.6. The maximum atomic E-state index is 12.5. The van der Waals surface area contributed by atoms with Crippen LogP contribution in [-0.4, -0.2) is 17.9 Å². The maximum Gasteiger partial charge on any atom is 0.251 e. The molecular weight excluding hydrogens is 300 g/mol. The van der Waals surface area contributed by atoms with E-state index in [2.05, 4.69) is 17.6 Å². The van der Waals surface area contributed by atoms with Gasteiger partial charge in [-0.15, -0.1) is 0 Å². The second-order valence-electron chi connectivity index (χ2n) is 7.41. The van der Waals surface area contributed by atoms with Crippen LogP contribution in [0.4, 0.5) is 5.69 Å². The Morgan fingerprint density at radius 1 is 1.04 bits per heavy atom. The lowest BCUT2D eigenvalue weighted by atomic mass is 9.96. The largest absolute Gasteiger partial charge is 0.349 e. The third-order valence-electron chi connectivity index (χ3n) is 5.28. The lowest BCUT2D eigenvalue weighted by Crippen LogP contribution is -2.35. The van der Waals surface area contributed by atoms with Crippen molar-refractivity contribution in [1.29, 1.82) is 0 Å². The smallest absolute Gasteiger partial charge is 0.251 e. The van der Waals surface area contributed by atoms with Gasteiger partial charge in [-0.1, -0.05) is 45.1 Å². The zero-order valence-corrected chi connectivity index (χ0v) is 14.5. The minimum Gasteiger partial charge on any atom is -0.349 e. The summed E-state index contributed by atoms with van der Waals surface area (Å²) < 4.78 is 0. The van der Waals surface area contributed by atoms with E-state index >= 15 is 0 Å². The molecule has 2 aliphatic carbocycles. The molecular formula is C20H28N2O2. The lowest BCUT2D eigenvalue weighted by molar-refractivity contribution is -0.117. The van der Waals surface area contributed by atoms with Crippen LogP contribution in [0.1, 0.15) is 68.6 Å². The van der Waals surface area contributed by atoms with Gasteiger partial charge in [0.15, 0.2) is 0 Å². The quantitative estimate of drug-likeness (QED) is 0.873.